The number of nitrogens with zero attached hydrogens (tertiary/aromatic N) is 1. The second kappa shape index (κ2) is 7.19. The van der Waals surface area contributed by atoms with Crippen LogP contribution in [0.2, 0.25) is 0 Å². The maximum atomic E-state index is 11.9. The van der Waals surface area contributed by atoms with Crippen LogP contribution in [0.15, 0.2) is 24.3 Å². The lowest BCUT2D eigenvalue weighted by Crippen LogP contribution is -2.41. The summed E-state index contributed by atoms with van der Waals surface area (Å²) < 4.78 is 0. The monoisotopic (exact) mass is 280 g/mol. The molecule has 0 saturated carbocycles. The van der Waals surface area contributed by atoms with Crippen molar-refractivity contribution < 1.29 is 9.59 Å². The molecule has 0 radical (unpaired) electrons. The van der Waals surface area contributed by atoms with Gasteiger partial charge in [-0.25, -0.2) is 0 Å². The highest BCUT2D eigenvalue weighted by atomic mass is 32.2. The second-order valence-electron chi connectivity index (χ2n) is 4.55. The van der Waals surface area contributed by atoms with Crippen molar-refractivity contribution in [2.24, 2.45) is 0 Å². The van der Waals surface area contributed by atoms with E-state index in [1.54, 1.807) is 18.8 Å². The lowest BCUT2D eigenvalue weighted by molar-refractivity contribution is -0.143. The molecule has 0 heterocycles. The number of thioether (sulfide) groups is 1. The van der Waals surface area contributed by atoms with Gasteiger partial charge in [0, 0.05) is 24.5 Å². The first-order valence-electron chi connectivity index (χ1n) is 6.12. The van der Waals surface area contributed by atoms with Gasteiger partial charge in [-0.15, -0.1) is 0 Å². The van der Waals surface area contributed by atoms with Gasteiger partial charge < -0.3 is 10.2 Å². The van der Waals surface area contributed by atoms with Gasteiger partial charge >= 0.3 is 11.8 Å². The Kier molecular flexibility index (Phi) is 5.89. The van der Waals surface area contributed by atoms with Crippen LogP contribution in [0.4, 0.5) is 5.69 Å². The molecular formula is C14H20N2O2S. The van der Waals surface area contributed by atoms with Crippen LogP contribution in [0.25, 0.3) is 0 Å². The lowest BCUT2D eigenvalue weighted by Gasteiger charge is -2.21. The Labute approximate surface area is 118 Å². The van der Waals surface area contributed by atoms with Crippen molar-refractivity contribution in [3.05, 3.63) is 29.8 Å². The van der Waals surface area contributed by atoms with E-state index >= 15 is 0 Å². The first-order chi connectivity index (χ1) is 8.97. The second-order valence-corrected chi connectivity index (χ2v) is 5.42. The third-order valence-corrected chi connectivity index (χ3v) is 3.45. The molecule has 1 rings (SSSR count). The van der Waals surface area contributed by atoms with Crippen molar-refractivity contribution >= 4 is 29.3 Å². The van der Waals surface area contributed by atoms with Gasteiger partial charge in [-0.1, -0.05) is 18.2 Å². The number of hydrogen-bond acceptors (Lipinski definition) is 3. The van der Waals surface area contributed by atoms with Gasteiger partial charge in [-0.2, -0.15) is 11.8 Å². The SMILES string of the molecule is CSCc1ccccc1NC(=O)C(=O)N(C)C(C)C. The third kappa shape index (κ3) is 4.28. The summed E-state index contributed by atoms with van der Waals surface area (Å²) in [4.78, 5) is 25.2. The smallest absolute Gasteiger partial charge is 0.313 e. The van der Waals surface area contributed by atoms with E-state index in [2.05, 4.69) is 5.32 Å². The van der Waals surface area contributed by atoms with Gasteiger partial charge in [0.05, 0.1) is 0 Å². The average molecular weight is 280 g/mol. The Morgan fingerprint density at radius 1 is 1.32 bits per heavy atom. The normalized spacial score (nSPS) is 10.4. The molecular weight excluding hydrogens is 260 g/mol. The Bertz CT molecular complexity index is 461. The predicted molar refractivity (Wildman–Crippen MR) is 80.2 cm³/mol. The van der Waals surface area contributed by atoms with Crippen LogP contribution < -0.4 is 5.32 Å². The first-order valence-corrected chi connectivity index (χ1v) is 7.51. The summed E-state index contributed by atoms with van der Waals surface area (Å²) in [5.41, 5.74) is 1.72. The minimum absolute atomic E-state index is 0.000286. The molecule has 1 aromatic carbocycles. The van der Waals surface area contributed by atoms with Crippen LogP contribution >= 0.6 is 11.8 Å². The van der Waals surface area contributed by atoms with Crippen molar-refractivity contribution in [2.75, 3.05) is 18.6 Å². The Morgan fingerprint density at radius 3 is 2.53 bits per heavy atom. The predicted octanol–water partition coefficient (Wildman–Crippen LogP) is 2.35. The van der Waals surface area contributed by atoms with E-state index < -0.39 is 11.8 Å². The molecule has 0 aliphatic carbocycles. The van der Waals surface area contributed by atoms with Gasteiger partial charge in [0.2, 0.25) is 0 Å². The number of para-hydroxylation sites is 1. The fourth-order valence-electron chi connectivity index (χ4n) is 1.49. The minimum Gasteiger partial charge on any atom is -0.335 e. The van der Waals surface area contributed by atoms with Gasteiger partial charge in [-0.05, 0) is 31.7 Å². The molecule has 0 bridgehead atoms. The van der Waals surface area contributed by atoms with Gasteiger partial charge in [0.1, 0.15) is 0 Å². The summed E-state index contributed by atoms with van der Waals surface area (Å²) in [7, 11) is 1.63. The largest absolute Gasteiger partial charge is 0.335 e. The van der Waals surface area contributed by atoms with E-state index in [4.69, 9.17) is 0 Å². The highest BCUT2D eigenvalue weighted by Gasteiger charge is 2.21. The molecule has 0 saturated heterocycles. The number of rotatable bonds is 4. The zero-order valence-corrected chi connectivity index (χ0v) is 12.6. The van der Waals surface area contributed by atoms with Crippen LogP contribution in [-0.2, 0) is 15.3 Å². The van der Waals surface area contributed by atoms with Crippen LogP contribution in [0.3, 0.4) is 0 Å². The molecule has 19 heavy (non-hydrogen) atoms. The zero-order chi connectivity index (χ0) is 14.4. The topological polar surface area (TPSA) is 49.4 Å². The van der Waals surface area contributed by atoms with Crippen LogP contribution in [0, 0.1) is 0 Å². The van der Waals surface area contributed by atoms with Crippen LogP contribution in [-0.4, -0.2) is 36.1 Å². The Morgan fingerprint density at radius 2 is 1.95 bits per heavy atom. The van der Waals surface area contributed by atoms with E-state index in [1.807, 2.05) is 44.4 Å². The third-order valence-electron chi connectivity index (χ3n) is 2.85. The first kappa shape index (κ1) is 15.6. The molecule has 4 nitrogen and oxygen atoms in total. The van der Waals surface area contributed by atoms with E-state index in [0.717, 1.165) is 11.3 Å². The lowest BCUT2D eigenvalue weighted by atomic mass is 10.2. The van der Waals surface area contributed by atoms with Crippen molar-refractivity contribution in [3.63, 3.8) is 0 Å². The number of anilines is 1. The fourth-order valence-corrected chi connectivity index (χ4v) is 2.06. The highest BCUT2D eigenvalue weighted by Crippen LogP contribution is 2.19. The molecule has 0 fully saturated rings. The Hall–Kier alpha value is -1.49. The molecule has 0 aromatic heterocycles. The Balaban J connectivity index is 2.79. The number of carbonyl (C=O) groups excluding carboxylic acids is 2. The molecule has 2 amide bonds. The van der Waals surface area contributed by atoms with E-state index in [-0.39, 0.29) is 6.04 Å². The number of likely N-dealkylation sites (N-methyl/N-ethyl adjacent to an activating group) is 1. The van der Waals surface area contributed by atoms with Crippen LogP contribution in [0.5, 0.6) is 0 Å². The van der Waals surface area contributed by atoms with Gasteiger partial charge in [-0.3, -0.25) is 9.59 Å². The summed E-state index contributed by atoms with van der Waals surface area (Å²) in [6, 6.07) is 7.52. The maximum Gasteiger partial charge on any atom is 0.313 e. The van der Waals surface area contributed by atoms with Crippen molar-refractivity contribution in [3.8, 4) is 0 Å². The highest BCUT2D eigenvalue weighted by molar-refractivity contribution is 7.97. The van der Waals surface area contributed by atoms with E-state index in [9.17, 15) is 9.59 Å². The van der Waals surface area contributed by atoms with Crippen molar-refractivity contribution in [1.82, 2.24) is 4.90 Å². The molecule has 0 spiro atoms. The summed E-state index contributed by atoms with van der Waals surface area (Å²) >= 11 is 1.67. The molecule has 104 valence electrons. The van der Waals surface area contributed by atoms with Gasteiger partial charge in [0.25, 0.3) is 0 Å². The van der Waals surface area contributed by atoms with Crippen LogP contribution in [0.1, 0.15) is 19.4 Å². The number of amides is 2. The zero-order valence-electron chi connectivity index (χ0n) is 11.8. The average Bonchev–Trinajstić information content (AvgIpc) is 2.39. The molecule has 1 N–H and O–H groups in total. The molecule has 0 unspecified atom stereocenters. The van der Waals surface area contributed by atoms with E-state index in [0.29, 0.717) is 5.69 Å². The van der Waals surface area contributed by atoms with E-state index in [1.165, 1.54) is 4.90 Å². The minimum atomic E-state index is -0.593. The quantitative estimate of drug-likeness (QED) is 0.861. The molecule has 0 aliphatic heterocycles. The summed E-state index contributed by atoms with van der Waals surface area (Å²) in [5.74, 6) is -0.316. The standard InChI is InChI=1S/C14H20N2O2S/c1-10(2)16(3)14(18)13(17)15-12-8-6-5-7-11(12)9-19-4/h5-8,10H,9H2,1-4H3,(H,15,17). The number of benzene rings is 1. The molecule has 1 aromatic rings. The molecule has 5 heteroatoms. The number of carbonyl (C=O) groups is 2. The maximum absolute atomic E-state index is 11.9. The molecule has 0 aliphatic rings. The molecule has 0 atom stereocenters. The van der Waals surface area contributed by atoms with Gasteiger partial charge in [0.15, 0.2) is 0 Å². The van der Waals surface area contributed by atoms with Crippen molar-refractivity contribution in [1.29, 1.82) is 0 Å². The summed E-state index contributed by atoms with van der Waals surface area (Å²) in [6.07, 6.45) is 2.00. The fraction of sp³-hybridized carbons (Fsp3) is 0.429. The summed E-state index contributed by atoms with van der Waals surface area (Å²) in [5, 5.41) is 2.69. The number of hydrogen-bond donors (Lipinski definition) is 1. The number of nitrogens with one attached hydrogen (secondary N) is 1. The summed E-state index contributed by atoms with van der Waals surface area (Å²) in [6.45, 7) is 3.74. The van der Waals surface area contributed by atoms with Crippen molar-refractivity contribution in [2.45, 2.75) is 25.6 Å².